The predicted molar refractivity (Wildman–Crippen MR) is 92.8 cm³/mol. The molecule has 3 N–H and O–H groups in total. The predicted octanol–water partition coefficient (Wildman–Crippen LogP) is 2.53. The molecule has 0 aliphatic rings. The Morgan fingerprint density at radius 2 is 1.64 bits per heavy atom. The summed E-state index contributed by atoms with van der Waals surface area (Å²) in [4.78, 5) is 34.3. The Morgan fingerprint density at radius 3 is 2.32 bits per heavy atom. The Labute approximate surface area is 143 Å². The van der Waals surface area contributed by atoms with Gasteiger partial charge < -0.3 is 20.5 Å². The van der Waals surface area contributed by atoms with Crippen LogP contribution in [0.2, 0.25) is 0 Å². The molecule has 0 saturated heterocycles. The standard InChI is InChI=1S/C18H16N2O5/c1-25-15-7-3-6-14(11-15)20-18(24)12-4-2-5-13(10-12)19-16(21)8-9-17(22)23/h2-11H,1H3,(H,19,21)(H,20,24)(H,22,23). The van der Waals surface area contributed by atoms with Gasteiger partial charge in [0.25, 0.3) is 5.91 Å². The Balaban J connectivity index is 2.08. The number of amides is 2. The third-order valence-electron chi connectivity index (χ3n) is 3.10. The van der Waals surface area contributed by atoms with Crippen LogP contribution in [0.25, 0.3) is 0 Å². The SMILES string of the molecule is COc1cccc(NC(=O)c2cccc(NC(=O)C=CC(=O)O)c2)c1. The zero-order chi connectivity index (χ0) is 18.2. The highest BCUT2D eigenvalue weighted by molar-refractivity contribution is 6.06. The number of carbonyl (C=O) groups is 3. The van der Waals surface area contributed by atoms with Gasteiger partial charge in [-0.2, -0.15) is 0 Å². The maximum absolute atomic E-state index is 12.3. The lowest BCUT2D eigenvalue weighted by Crippen LogP contribution is -2.13. The third-order valence-corrected chi connectivity index (χ3v) is 3.10. The van der Waals surface area contributed by atoms with E-state index in [1.54, 1.807) is 42.5 Å². The number of carbonyl (C=O) groups excluding carboxylic acids is 2. The summed E-state index contributed by atoms with van der Waals surface area (Å²) in [6, 6.07) is 13.2. The van der Waals surface area contributed by atoms with Gasteiger partial charge in [-0.1, -0.05) is 12.1 Å². The first-order chi connectivity index (χ1) is 12.0. The van der Waals surface area contributed by atoms with Crippen LogP contribution in [0.4, 0.5) is 11.4 Å². The van der Waals surface area contributed by atoms with E-state index in [2.05, 4.69) is 10.6 Å². The second-order valence-electron chi connectivity index (χ2n) is 4.93. The van der Waals surface area contributed by atoms with Crippen LogP contribution in [-0.2, 0) is 9.59 Å². The molecule has 7 heteroatoms. The van der Waals surface area contributed by atoms with Gasteiger partial charge in [-0.05, 0) is 30.3 Å². The summed E-state index contributed by atoms with van der Waals surface area (Å²) in [5, 5.41) is 13.7. The van der Waals surface area contributed by atoms with Gasteiger partial charge in [0.05, 0.1) is 7.11 Å². The van der Waals surface area contributed by atoms with Gasteiger partial charge in [0.1, 0.15) is 5.75 Å². The minimum absolute atomic E-state index is 0.336. The zero-order valence-electron chi connectivity index (χ0n) is 13.4. The van der Waals surface area contributed by atoms with Crippen LogP contribution in [-0.4, -0.2) is 30.0 Å². The fraction of sp³-hybridized carbons (Fsp3) is 0.0556. The topological polar surface area (TPSA) is 105 Å². The number of aliphatic carboxylic acids is 1. The molecule has 0 radical (unpaired) electrons. The van der Waals surface area contributed by atoms with Crippen LogP contribution in [0.5, 0.6) is 5.75 Å². The van der Waals surface area contributed by atoms with E-state index < -0.39 is 11.9 Å². The Morgan fingerprint density at radius 1 is 0.960 bits per heavy atom. The van der Waals surface area contributed by atoms with Crippen LogP contribution < -0.4 is 15.4 Å². The van der Waals surface area contributed by atoms with E-state index in [0.29, 0.717) is 22.7 Å². The first-order valence-corrected chi connectivity index (χ1v) is 7.25. The van der Waals surface area contributed by atoms with Gasteiger partial charge in [-0.25, -0.2) is 4.79 Å². The summed E-state index contributed by atoms with van der Waals surface area (Å²) in [7, 11) is 1.53. The lowest BCUT2D eigenvalue weighted by Gasteiger charge is -2.08. The number of nitrogens with one attached hydrogen (secondary N) is 2. The number of carboxylic acids is 1. The molecule has 0 fully saturated rings. The number of ether oxygens (including phenoxy) is 1. The van der Waals surface area contributed by atoms with Crippen LogP contribution in [0.1, 0.15) is 10.4 Å². The minimum atomic E-state index is -1.22. The van der Waals surface area contributed by atoms with Crippen molar-refractivity contribution < 1.29 is 24.2 Å². The van der Waals surface area contributed by atoms with E-state index in [1.165, 1.54) is 13.2 Å². The molecule has 7 nitrogen and oxygen atoms in total. The van der Waals surface area contributed by atoms with Gasteiger partial charge in [-0.3, -0.25) is 9.59 Å². The second-order valence-corrected chi connectivity index (χ2v) is 4.93. The smallest absolute Gasteiger partial charge is 0.328 e. The molecule has 2 aromatic rings. The molecule has 0 aromatic heterocycles. The molecular formula is C18H16N2O5. The molecule has 0 bridgehead atoms. The average Bonchev–Trinajstić information content (AvgIpc) is 2.60. The Kier molecular flexibility index (Phi) is 5.89. The van der Waals surface area contributed by atoms with Crippen molar-refractivity contribution >= 4 is 29.2 Å². The molecule has 0 atom stereocenters. The third kappa shape index (κ3) is 5.51. The van der Waals surface area contributed by atoms with Crippen LogP contribution >= 0.6 is 0 Å². The highest BCUT2D eigenvalue weighted by Gasteiger charge is 2.08. The van der Waals surface area contributed by atoms with Gasteiger partial charge in [0.2, 0.25) is 5.91 Å². The maximum Gasteiger partial charge on any atom is 0.328 e. The van der Waals surface area contributed by atoms with Crippen molar-refractivity contribution in [1.29, 1.82) is 0 Å². The maximum atomic E-state index is 12.3. The van der Waals surface area contributed by atoms with Crippen molar-refractivity contribution in [3.05, 3.63) is 66.2 Å². The number of benzene rings is 2. The van der Waals surface area contributed by atoms with Crippen molar-refractivity contribution in [1.82, 2.24) is 0 Å². The van der Waals surface area contributed by atoms with Gasteiger partial charge in [-0.15, -0.1) is 0 Å². The highest BCUT2D eigenvalue weighted by atomic mass is 16.5. The van der Waals surface area contributed by atoms with E-state index in [1.807, 2.05) is 0 Å². The molecule has 2 aromatic carbocycles. The second kappa shape index (κ2) is 8.30. The van der Waals surface area contributed by atoms with E-state index in [-0.39, 0.29) is 5.91 Å². The van der Waals surface area contributed by atoms with Crippen molar-refractivity contribution in [2.75, 3.05) is 17.7 Å². The molecule has 0 heterocycles. The zero-order valence-corrected chi connectivity index (χ0v) is 13.4. The fourth-order valence-corrected chi connectivity index (χ4v) is 1.97. The quantitative estimate of drug-likeness (QED) is 0.701. The largest absolute Gasteiger partial charge is 0.497 e. The van der Waals surface area contributed by atoms with Gasteiger partial charge in [0, 0.05) is 35.2 Å². The molecule has 2 rings (SSSR count). The van der Waals surface area contributed by atoms with E-state index in [4.69, 9.17) is 9.84 Å². The molecule has 0 spiro atoms. The number of hydrogen-bond acceptors (Lipinski definition) is 4. The number of anilines is 2. The molecular weight excluding hydrogens is 324 g/mol. The van der Waals surface area contributed by atoms with E-state index in [0.717, 1.165) is 12.2 Å². The van der Waals surface area contributed by atoms with E-state index in [9.17, 15) is 14.4 Å². The Bertz CT molecular complexity index is 830. The van der Waals surface area contributed by atoms with Crippen molar-refractivity contribution in [3.63, 3.8) is 0 Å². The first-order valence-electron chi connectivity index (χ1n) is 7.25. The average molecular weight is 340 g/mol. The summed E-state index contributed by atoms with van der Waals surface area (Å²) >= 11 is 0. The number of methoxy groups -OCH3 is 1. The monoisotopic (exact) mass is 340 g/mol. The number of hydrogen-bond donors (Lipinski definition) is 3. The summed E-state index contributed by atoms with van der Waals surface area (Å²) in [6.45, 7) is 0. The molecule has 0 aliphatic carbocycles. The number of rotatable bonds is 6. The molecule has 128 valence electrons. The van der Waals surface area contributed by atoms with Gasteiger partial charge in [0.15, 0.2) is 0 Å². The van der Waals surface area contributed by atoms with E-state index >= 15 is 0 Å². The van der Waals surface area contributed by atoms with Crippen LogP contribution in [0.3, 0.4) is 0 Å². The van der Waals surface area contributed by atoms with Crippen LogP contribution in [0, 0.1) is 0 Å². The highest BCUT2D eigenvalue weighted by Crippen LogP contribution is 2.18. The minimum Gasteiger partial charge on any atom is -0.497 e. The summed E-state index contributed by atoms with van der Waals surface area (Å²) in [6.07, 6.45) is 1.63. The normalized spacial score (nSPS) is 10.3. The summed E-state index contributed by atoms with van der Waals surface area (Å²) < 4.78 is 5.10. The van der Waals surface area contributed by atoms with Crippen molar-refractivity contribution in [3.8, 4) is 5.75 Å². The molecule has 25 heavy (non-hydrogen) atoms. The molecule has 0 aliphatic heterocycles. The fourth-order valence-electron chi connectivity index (χ4n) is 1.97. The molecule has 0 saturated carbocycles. The van der Waals surface area contributed by atoms with Gasteiger partial charge >= 0.3 is 5.97 Å². The lowest BCUT2D eigenvalue weighted by molar-refractivity contribution is -0.131. The lowest BCUT2D eigenvalue weighted by atomic mass is 10.1. The van der Waals surface area contributed by atoms with Crippen molar-refractivity contribution in [2.24, 2.45) is 0 Å². The van der Waals surface area contributed by atoms with Crippen molar-refractivity contribution in [2.45, 2.75) is 0 Å². The summed E-state index contributed by atoms with van der Waals surface area (Å²) in [5.74, 6) is -1.57. The first kappa shape index (κ1) is 17.7. The number of carboxylic acid groups (broad SMARTS) is 1. The molecule has 0 unspecified atom stereocenters. The van der Waals surface area contributed by atoms with Crippen LogP contribution in [0.15, 0.2) is 60.7 Å². The Hall–Kier alpha value is -3.61. The molecule has 2 amide bonds. The summed E-state index contributed by atoms with van der Waals surface area (Å²) in [5.41, 5.74) is 1.28.